The predicted octanol–water partition coefficient (Wildman–Crippen LogP) is -0.600. The van der Waals surface area contributed by atoms with Crippen LogP contribution in [0, 0.1) is 5.82 Å². The molecule has 8 heteroatoms. The molecule has 0 aliphatic carbocycles. The third-order valence-corrected chi connectivity index (χ3v) is 4.95. The van der Waals surface area contributed by atoms with Gasteiger partial charge in [0.15, 0.2) is 0 Å². The lowest BCUT2D eigenvalue weighted by Gasteiger charge is -2.15. The number of sulfonamides is 1. The van der Waals surface area contributed by atoms with Crippen LogP contribution in [0.1, 0.15) is 24.2 Å². The van der Waals surface area contributed by atoms with Crippen molar-refractivity contribution in [2.45, 2.75) is 13.8 Å². The van der Waals surface area contributed by atoms with Crippen molar-refractivity contribution in [2.75, 3.05) is 38.5 Å². The van der Waals surface area contributed by atoms with Crippen molar-refractivity contribution in [2.24, 2.45) is 0 Å². The lowest BCUT2D eigenvalue weighted by Crippen LogP contribution is -3.12. The Bertz CT molecular complexity index is 586. The van der Waals surface area contributed by atoms with Crippen LogP contribution in [0.3, 0.4) is 0 Å². The van der Waals surface area contributed by atoms with Gasteiger partial charge in [0.2, 0.25) is 10.0 Å². The van der Waals surface area contributed by atoms with Gasteiger partial charge in [-0.05, 0) is 38.1 Å². The first-order valence-electron chi connectivity index (χ1n) is 7.72. The molecule has 23 heavy (non-hydrogen) atoms. The second-order valence-electron chi connectivity index (χ2n) is 5.18. The minimum Gasteiger partial charge on any atom is -0.351 e. The standard InChI is InChI=1S/C15H24FN3O3S/c1-3-19(4-2)11-9-18-23(21,22)12-10-17-15(20)13-5-7-14(16)8-6-13/h5-8,18H,3-4,9-12H2,1-2H3,(H,17,20)/p+1. The Balaban J connectivity index is 2.33. The highest BCUT2D eigenvalue weighted by Crippen LogP contribution is 2.02. The zero-order valence-corrected chi connectivity index (χ0v) is 14.4. The molecule has 0 heterocycles. The van der Waals surface area contributed by atoms with Crippen LogP contribution in [0.4, 0.5) is 4.39 Å². The van der Waals surface area contributed by atoms with Crippen LogP contribution in [0.15, 0.2) is 24.3 Å². The number of hydrogen-bond donors (Lipinski definition) is 3. The quantitative estimate of drug-likeness (QED) is 0.529. The van der Waals surface area contributed by atoms with Gasteiger partial charge in [-0.2, -0.15) is 0 Å². The van der Waals surface area contributed by atoms with Crippen LogP contribution in [-0.4, -0.2) is 52.8 Å². The molecular weight excluding hydrogens is 321 g/mol. The van der Waals surface area contributed by atoms with Gasteiger partial charge < -0.3 is 10.2 Å². The van der Waals surface area contributed by atoms with Crippen molar-refractivity contribution in [3.63, 3.8) is 0 Å². The minimum atomic E-state index is -3.42. The summed E-state index contributed by atoms with van der Waals surface area (Å²) >= 11 is 0. The molecule has 0 spiro atoms. The maximum Gasteiger partial charge on any atom is 0.251 e. The zero-order valence-electron chi connectivity index (χ0n) is 13.6. The first kappa shape index (κ1) is 19.5. The number of carbonyl (C=O) groups is 1. The average molecular weight is 346 g/mol. The van der Waals surface area contributed by atoms with Gasteiger partial charge >= 0.3 is 0 Å². The van der Waals surface area contributed by atoms with Crippen molar-refractivity contribution in [1.29, 1.82) is 0 Å². The molecule has 1 aromatic rings. The molecule has 1 rings (SSSR count). The van der Waals surface area contributed by atoms with Crippen LogP contribution < -0.4 is 14.9 Å². The number of halogens is 1. The van der Waals surface area contributed by atoms with Gasteiger partial charge in [-0.25, -0.2) is 17.5 Å². The summed E-state index contributed by atoms with van der Waals surface area (Å²) in [5.41, 5.74) is 0.293. The number of amides is 1. The second-order valence-corrected chi connectivity index (χ2v) is 7.11. The van der Waals surface area contributed by atoms with E-state index in [0.29, 0.717) is 12.1 Å². The number of carbonyl (C=O) groups excluding carboxylic acids is 1. The lowest BCUT2D eigenvalue weighted by molar-refractivity contribution is -0.895. The summed E-state index contributed by atoms with van der Waals surface area (Å²) in [6.45, 7) is 7.12. The van der Waals surface area contributed by atoms with Crippen LogP contribution in [0.2, 0.25) is 0 Å². The number of likely N-dealkylation sites (N-methyl/N-ethyl adjacent to an activating group) is 1. The maximum absolute atomic E-state index is 12.8. The molecule has 3 N–H and O–H groups in total. The highest BCUT2D eigenvalue weighted by atomic mass is 32.2. The van der Waals surface area contributed by atoms with E-state index in [1.165, 1.54) is 29.2 Å². The molecule has 0 saturated carbocycles. The molecule has 0 aliphatic heterocycles. The van der Waals surface area contributed by atoms with Crippen molar-refractivity contribution >= 4 is 15.9 Å². The minimum absolute atomic E-state index is 0.00364. The molecule has 0 bridgehead atoms. The summed E-state index contributed by atoms with van der Waals surface area (Å²) in [5.74, 6) is -1.04. The Hall–Kier alpha value is -1.51. The van der Waals surface area contributed by atoms with Crippen LogP contribution in [0.5, 0.6) is 0 Å². The Kier molecular flexibility index (Phi) is 8.15. The van der Waals surface area contributed by atoms with Crippen molar-refractivity contribution < 1.29 is 22.5 Å². The molecule has 0 radical (unpaired) electrons. The van der Waals surface area contributed by atoms with Crippen molar-refractivity contribution in [1.82, 2.24) is 10.0 Å². The number of quaternary nitrogens is 1. The Morgan fingerprint density at radius 3 is 2.30 bits per heavy atom. The molecule has 6 nitrogen and oxygen atoms in total. The van der Waals surface area contributed by atoms with Crippen LogP contribution in [-0.2, 0) is 10.0 Å². The van der Waals surface area contributed by atoms with E-state index in [9.17, 15) is 17.6 Å². The van der Waals surface area contributed by atoms with Gasteiger partial charge in [-0.1, -0.05) is 0 Å². The largest absolute Gasteiger partial charge is 0.351 e. The van der Waals surface area contributed by atoms with Gasteiger partial charge in [0.25, 0.3) is 5.91 Å². The molecular formula is C15H25FN3O3S+. The van der Waals surface area contributed by atoms with Crippen LogP contribution >= 0.6 is 0 Å². The monoisotopic (exact) mass is 346 g/mol. The smallest absolute Gasteiger partial charge is 0.251 e. The lowest BCUT2D eigenvalue weighted by atomic mass is 10.2. The number of nitrogens with one attached hydrogen (secondary N) is 3. The Morgan fingerprint density at radius 2 is 1.74 bits per heavy atom. The van der Waals surface area contributed by atoms with E-state index in [-0.39, 0.29) is 12.3 Å². The van der Waals surface area contributed by atoms with E-state index in [4.69, 9.17) is 0 Å². The maximum atomic E-state index is 12.8. The first-order valence-corrected chi connectivity index (χ1v) is 9.37. The predicted molar refractivity (Wildman–Crippen MR) is 87.4 cm³/mol. The van der Waals surface area contributed by atoms with Gasteiger partial charge in [0, 0.05) is 12.1 Å². The summed E-state index contributed by atoms with van der Waals surface area (Å²) < 4.78 is 39.0. The fourth-order valence-electron chi connectivity index (χ4n) is 2.06. The third-order valence-electron chi connectivity index (χ3n) is 3.56. The fraction of sp³-hybridized carbons (Fsp3) is 0.533. The van der Waals surface area contributed by atoms with E-state index in [0.717, 1.165) is 19.6 Å². The first-order chi connectivity index (χ1) is 10.9. The summed E-state index contributed by atoms with van der Waals surface area (Å²) in [5, 5.41) is 2.51. The van der Waals surface area contributed by atoms with E-state index in [1.807, 2.05) is 0 Å². The van der Waals surface area contributed by atoms with E-state index >= 15 is 0 Å². The Morgan fingerprint density at radius 1 is 1.13 bits per heavy atom. The van der Waals surface area contributed by atoms with Gasteiger partial charge in [-0.15, -0.1) is 0 Å². The molecule has 0 saturated heterocycles. The molecule has 0 unspecified atom stereocenters. The molecule has 0 atom stereocenters. The SMILES string of the molecule is CC[NH+](CC)CCNS(=O)(=O)CCNC(=O)c1ccc(F)cc1. The summed E-state index contributed by atoms with van der Waals surface area (Å²) in [6, 6.07) is 5.07. The number of benzene rings is 1. The zero-order chi connectivity index (χ0) is 17.3. The van der Waals surface area contributed by atoms with E-state index in [2.05, 4.69) is 23.9 Å². The normalized spacial score (nSPS) is 11.7. The van der Waals surface area contributed by atoms with Crippen molar-refractivity contribution in [3.8, 4) is 0 Å². The highest BCUT2D eigenvalue weighted by Gasteiger charge is 2.12. The van der Waals surface area contributed by atoms with Crippen LogP contribution in [0.25, 0.3) is 0 Å². The highest BCUT2D eigenvalue weighted by molar-refractivity contribution is 7.89. The van der Waals surface area contributed by atoms with Gasteiger partial charge in [-0.3, -0.25) is 4.79 Å². The summed E-state index contributed by atoms with van der Waals surface area (Å²) in [7, 11) is -3.42. The fourth-order valence-corrected chi connectivity index (χ4v) is 2.99. The van der Waals surface area contributed by atoms with Gasteiger partial charge in [0.1, 0.15) is 5.82 Å². The molecule has 0 fully saturated rings. The van der Waals surface area contributed by atoms with Gasteiger partial charge in [0.05, 0.1) is 31.9 Å². The summed E-state index contributed by atoms with van der Waals surface area (Å²) in [6.07, 6.45) is 0. The topological polar surface area (TPSA) is 79.7 Å². The average Bonchev–Trinajstić information content (AvgIpc) is 2.52. The van der Waals surface area contributed by atoms with Crippen molar-refractivity contribution in [3.05, 3.63) is 35.6 Å². The molecule has 0 aliphatic rings. The number of rotatable bonds is 10. The number of hydrogen-bond acceptors (Lipinski definition) is 3. The third kappa shape index (κ3) is 7.54. The summed E-state index contributed by atoms with van der Waals surface area (Å²) in [4.78, 5) is 13.1. The molecule has 130 valence electrons. The Labute approximate surface area is 137 Å². The molecule has 1 aromatic carbocycles. The molecule has 1 amide bonds. The van der Waals surface area contributed by atoms with E-state index in [1.54, 1.807) is 0 Å². The second kappa shape index (κ2) is 9.59. The molecule has 0 aromatic heterocycles. The van der Waals surface area contributed by atoms with E-state index < -0.39 is 21.7 Å².